The fraction of sp³-hybridized carbons (Fsp3) is 0.438. The number of nitrogens with zero attached hydrogens (tertiary/aromatic N) is 4. The summed E-state index contributed by atoms with van der Waals surface area (Å²) in [6, 6.07) is 18.1. The lowest BCUT2D eigenvalue weighted by Gasteiger charge is -2.44. The molecule has 1 aliphatic carbocycles. The van der Waals surface area contributed by atoms with Gasteiger partial charge in [0.05, 0.1) is 43.8 Å². The third-order valence-corrected chi connectivity index (χ3v) is 9.64. The molecule has 0 bridgehead atoms. The highest BCUT2D eigenvalue weighted by Crippen LogP contribution is 2.39. The lowest BCUT2D eigenvalue weighted by molar-refractivity contribution is -0.944. The molecule has 0 spiro atoms. The number of quaternary nitrogens is 1. The summed E-state index contributed by atoms with van der Waals surface area (Å²) >= 11 is 1.54. The van der Waals surface area contributed by atoms with Crippen LogP contribution in [-0.4, -0.2) is 69.1 Å². The molecule has 0 amide bonds. The highest BCUT2D eigenvalue weighted by molar-refractivity contribution is 7.13. The molecule has 6 rings (SSSR count). The predicted molar refractivity (Wildman–Crippen MR) is 161 cm³/mol. The van der Waals surface area contributed by atoms with Crippen LogP contribution in [-0.2, 0) is 35.3 Å². The average molecular weight is 576 g/mol. The lowest BCUT2D eigenvalue weighted by Crippen LogP contribution is -2.61. The Morgan fingerprint density at radius 3 is 2.34 bits per heavy atom. The molecular formula is C32H39N4O4S+. The maximum absolute atomic E-state index is 12.8. The van der Waals surface area contributed by atoms with Crippen LogP contribution >= 0.6 is 11.5 Å². The minimum Gasteiger partial charge on any atom is -0.494 e. The molecule has 0 saturated carbocycles. The largest absolute Gasteiger partial charge is 0.494 e. The van der Waals surface area contributed by atoms with E-state index in [4.69, 9.17) is 9.11 Å². The van der Waals surface area contributed by atoms with Gasteiger partial charge in [-0.15, -0.1) is 0 Å². The number of hydrogen-bond donors (Lipinski definition) is 2. The number of ether oxygens (including phenoxy) is 1. The van der Waals surface area contributed by atoms with Gasteiger partial charge in [-0.05, 0) is 67.8 Å². The number of rotatable bonds is 10. The van der Waals surface area contributed by atoms with E-state index >= 15 is 0 Å². The van der Waals surface area contributed by atoms with E-state index in [0.29, 0.717) is 17.8 Å². The number of carbonyl (C=O) groups excluding carboxylic acids is 1. The summed E-state index contributed by atoms with van der Waals surface area (Å²) in [7, 11) is 0. The van der Waals surface area contributed by atoms with Crippen molar-refractivity contribution in [3.05, 3.63) is 71.3 Å². The molecule has 3 heterocycles. The summed E-state index contributed by atoms with van der Waals surface area (Å²) < 4.78 is 14.3. The second kappa shape index (κ2) is 12.1. The fourth-order valence-corrected chi connectivity index (χ4v) is 7.19. The zero-order valence-electron chi connectivity index (χ0n) is 23.5. The number of fused-ring (bicyclic) bond motifs is 2. The van der Waals surface area contributed by atoms with Crippen LogP contribution in [0, 0.1) is 0 Å². The van der Waals surface area contributed by atoms with Crippen molar-refractivity contribution in [3.8, 4) is 11.8 Å². The summed E-state index contributed by atoms with van der Waals surface area (Å²) in [5.74, 6) is 1.32. The highest BCUT2D eigenvalue weighted by atomic mass is 32.1. The average Bonchev–Trinajstić information content (AvgIpc) is 3.54. The number of benzene rings is 2. The SMILES string of the molecule is O=C(Cc1ccccc1)OC[N+]1(CCCCn2c(O)c3c(c2O)CCCC3)CCN(c2nsc3ccccc23)CC1. The summed E-state index contributed by atoms with van der Waals surface area (Å²) in [6.07, 6.45) is 5.78. The van der Waals surface area contributed by atoms with Crippen LogP contribution in [0.5, 0.6) is 11.8 Å². The van der Waals surface area contributed by atoms with E-state index in [0.717, 1.165) is 93.8 Å². The molecule has 9 heteroatoms. The summed E-state index contributed by atoms with van der Waals surface area (Å²) in [6.45, 7) is 5.21. The molecular weight excluding hydrogens is 536 g/mol. The number of piperazine rings is 1. The lowest BCUT2D eigenvalue weighted by atomic mass is 9.95. The molecule has 1 saturated heterocycles. The van der Waals surface area contributed by atoms with E-state index in [2.05, 4.69) is 29.2 Å². The third kappa shape index (κ3) is 5.92. The molecule has 0 atom stereocenters. The van der Waals surface area contributed by atoms with E-state index in [-0.39, 0.29) is 24.2 Å². The molecule has 8 nitrogen and oxygen atoms in total. The Kier molecular flexibility index (Phi) is 8.16. The van der Waals surface area contributed by atoms with Gasteiger partial charge in [-0.25, -0.2) is 0 Å². The Morgan fingerprint density at radius 2 is 1.61 bits per heavy atom. The van der Waals surface area contributed by atoms with Gasteiger partial charge in [-0.1, -0.05) is 42.5 Å². The van der Waals surface area contributed by atoms with E-state index < -0.39 is 0 Å². The van der Waals surface area contributed by atoms with Gasteiger partial charge in [0.25, 0.3) is 0 Å². The van der Waals surface area contributed by atoms with Gasteiger partial charge in [-0.2, -0.15) is 4.37 Å². The van der Waals surface area contributed by atoms with Crippen molar-refractivity contribution in [1.29, 1.82) is 0 Å². The van der Waals surface area contributed by atoms with Crippen LogP contribution in [0.15, 0.2) is 54.6 Å². The van der Waals surface area contributed by atoms with E-state index in [1.807, 2.05) is 30.3 Å². The standard InChI is InChI=1S/C32H38N4O4S/c37-29(22-24-10-2-1-3-11-24)40-23-36(19-9-8-16-35-31(38)25-12-4-5-13-26(25)32(35)39)20-17-34(18-21-36)30-27-14-6-7-15-28(27)41-33-30/h1-3,6-7,10-11,14-15H,4-5,8-9,12-13,16-23H2,(H-,38,39)/p+1. The normalized spacial score (nSPS) is 16.5. The molecule has 0 unspecified atom stereocenters. The van der Waals surface area contributed by atoms with E-state index in [9.17, 15) is 15.0 Å². The molecule has 41 heavy (non-hydrogen) atoms. The number of aromatic nitrogens is 2. The van der Waals surface area contributed by atoms with Gasteiger partial charge in [0.1, 0.15) is 0 Å². The fourth-order valence-electron chi connectivity index (χ4n) is 6.40. The van der Waals surface area contributed by atoms with Gasteiger partial charge in [-0.3, -0.25) is 13.8 Å². The van der Waals surface area contributed by atoms with Crippen molar-refractivity contribution in [3.63, 3.8) is 0 Å². The maximum Gasteiger partial charge on any atom is 0.314 e. The van der Waals surface area contributed by atoms with Gasteiger partial charge in [0.15, 0.2) is 17.6 Å². The Balaban J connectivity index is 1.11. The monoisotopic (exact) mass is 575 g/mol. The molecule has 2 aromatic carbocycles. The predicted octanol–water partition coefficient (Wildman–Crippen LogP) is 5.25. The van der Waals surface area contributed by atoms with Crippen LogP contribution in [0.25, 0.3) is 10.1 Å². The number of unbranched alkanes of at least 4 members (excludes halogenated alkanes) is 1. The van der Waals surface area contributed by atoms with Crippen molar-refractivity contribution in [2.24, 2.45) is 0 Å². The maximum atomic E-state index is 12.8. The molecule has 216 valence electrons. The Morgan fingerprint density at radius 1 is 0.927 bits per heavy atom. The van der Waals surface area contributed by atoms with Crippen LogP contribution in [0.1, 0.15) is 42.4 Å². The van der Waals surface area contributed by atoms with E-state index in [1.165, 1.54) is 21.6 Å². The van der Waals surface area contributed by atoms with Crippen LogP contribution in [0.2, 0.25) is 0 Å². The van der Waals surface area contributed by atoms with Gasteiger partial charge in [0, 0.05) is 23.1 Å². The second-order valence-electron chi connectivity index (χ2n) is 11.5. The molecule has 4 aromatic rings. The zero-order chi connectivity index (χ0) is 28.2. The van der Waals surface area contributed by atoms with Gasteiger partial charge in [0.2, 0.25) is 6.73 Å². The van der Waals surface area contributed by atoms with Crippen molar-refractivity contribution >= 4 is 33.4 Å². The molecule has 2 N–H and O–H groups in total. The van der Waals surface area contributed by atoms with Crippen molar-refractivity contribution in [2.45, 2.75) is 51.5 Å². The topological polar surface area (TPSA) is 87.8 Å². The number of esters is 1. The van der Waals surface area contributed by atoms with Gasteiger partial charge >= 0.3 is 5.97 Å². The first-order valence-electron chi connectivity index (χ1n) is 14.8. The summed E-state index contributed by atoms with van der Waals surface area (Å²) in [4.78, 5) is 15.1. The summed E-state index contributed by atoms with van der Waals surface area (Å²) in [5, 5.41) is 22.7. The number of anilines is 1. The molecule has 2 aromatic heterocycles. The number of carbonyl (C=O) groups is 1. The van der Waals surface area contributed by atoms with Crippen LogP contribution < -0.4 is 4.90 Å². The van der Waals surface area contributed by atoms with Crippen LogP contribution in [0.4, 0.5) is 5.82 Å². The zero-order valence-corrected chi connectivity index (χ0v) is 24.3. The Bertz CT molecular complexity index is 1460. The first-order chi connectivity index (χ1) is 20.0. The quantitative estimate of drug-likeness (QED) is 0.153. The van der Waals surface area contributed by atoms with Gasteiger partial charge < -0.3 is 19.8 Å². The summed E-state index contributed by atoms with van der Waals surface area (Å²) in [5.41, 5.74) is 2.81. The van der Waals surface area contributed by atoms with Crippen molar-refractivity contribution in [2.75, 3.05) is 44.4 Å². The first kappa shape index (κ1) is 27.6. The highest BCUT2D eigenvalue weighted by Gasteiger charge is 2.35. The minimum atomic E-state index is -0.200. The second-order valence-corrected chi connectivity index (χ2v) is 12.3. The smallest absolute Gasteiger partial charge is 0.314 e. The Labute approximate surface area is 245 Å². The third-order valence-electron chi connectivity index (χ3n) is 8.82. The molecule has 0 radical (unpaired) electrons. The number of hydrogen-bond acceptors (Lipinski definition) is 7. The number of aromatic hydroxyl groups is 2. The molecule has 2 aliphatic rings. The van der Waals surface area contributed by atoms with E-state index in [1.54, 1.807) is 4.57 Å². The first-order valence-corrected chi connectivity index (χ1v) is 15.6. The molecule has 1 fully saturated rings. The molecule has 1 aliphatic heterocycles. The van der Waals surface area contributed by atoms with Crippen LogP contribution in [0.3, 0.4) is 0 Å². The Hall–Kier alpha value is -3.56. The van der Waals surface area contributed by atoms with Crippen molar-refractivity contribution in [1.82, 2.24) is 8.94 Å². The van der Waals surface area contributed by atoms with Crippen molar-refractivity contribution < 1.29 is 24.2 Å². The minimum absolute atomic E-state index is 0.200.